The van der Waals surface area contributed by atoms with Crippen molar-refractivity contribution in [3.05, 3.63) is 64.6 Å². The van der Waals surface area contributed by atoms with E-state index in [0.29, 0.717) is 16.7 Å². The van der Waals surface area contributed by atoms with Crippen LogP contribution in [0.1, 0.15) is 22.3 Å². The highest BCUT2D eigenvalue weighted by molar-refractivity contribution is 6.24. The Bertz CT molecular complexity index is 1400. The summed E-state index contributed by atoms with van der Waals surface area (Å²) in [5.41, 5.74) is 3.34. The van der Waals surface area contributed by atoms with Crippen molar-refractivity contribution in [3.63, 3.8) is 0 Å². The molecule has 0 radical (unpaired) electrons. The van der Waals surface area contributed by atoms with E-state index in [9.17, 15) is 34.8 Å². The van der Waals surface area contributed by atoms with Crippen LogP contribution in [0.5, 0.6) is 5.75 Å². The number of benzene rings is 1. The average Bonchev–Trinajstić information content (AvgIpc) is 2.81. The number of aliphatic hydroxyl groups excluding tert-OH is 2. The minimum atomic E-state index is -2.66. The summed E-state index contributed by atoms with van der Waals surface area (Å²) >= 11 is 0. The molecule has 4 atom stereocenters. The predicted octanol–water partition coefficient (Wildman–Crippen LogP) is 0.578. The number of primary amides is 1. The summed E-state index contributed by atoms with van der Waals surface area (Å²) in [5, 5.41) is 44.3. The zero-order chi connectivity index (χ0) is 26.1. The quantitative estimate of drug-likeness (QED) is 0.379. The lowest BCUT2D eigenvalue weighted by atomic mass is 9.58. The number of aromatic nitrogens is 2. The van der Waals surface area contributed by atoms with Crippen LogP contribution in [0, 0.1) is 11.8 Å². The van der Waals surface area contributed by atoms with Crippen molar-refractivity contribution >= 4 is 17.5 Å². The van der Waals surface area contributed by atoms with Crippen molar-refractivity contribution in [2.45, 2.75) is 24.5 Å². The molecule has 0 spiro atoms. The van der Waals surface area contributed by atoms with Gasteiger partial charge in [0.2, 0.25) is 5.78 Å². The molecule has 0 fully saturated rings. The molecule has 4 unspecified atom stereocenters. The number of nitrogens with zero attached hydrogens (tertiary/aromatic N) is 3. The Morgan fingerprint density at radius 1 is 1.14 bits per heavy atom. The van der Waals surface area contributed by atoms with E-state index >= 15 is 0 Å². The first-order valence-corrected chi connectivity index (χ1v) is 11.2. The highest BCUT2D eigenvalue weighted by atomic mass is 16.3. The van der Waals surface area contributed by atoms with Crippen LogP contribution >= 0.6 is 0 Å². The number of phenolic OH excluding ortho intramolecular Hbond substituents is 1. The molecule has 11 heteroatoms. The average molecular weight is 492 g/mol. The number of likely N-dealkylation sites (N-methyl/N-ethyl adjacent to an activating group) is 1. The largest absolute Gasteiger partial charge is 0.510 e. The molecule has 5 rings (SSSR count). The van der Waals surface area contributed by atoms with Gasteiger partial charge in [0.05, 0.1) is 11.6 Å². The molecule has 0 saturated carbocycles. The second-order valence-corrected chi connectivity index (χ2v) is 9.58. The molecule has 11 nitrogen and oxygen atoms in total. The molecular formula is C25H24N4O7. The third-order valence-corrected chi connectivity index (χ3v) is 7.48. The fraction of sp³-hybridized carbons (Fsp3) is 0.320. The first-order valence-electron chi connectivity index (χ1n) is 11.2. The summed E-state index contributed by atoms with van der Waals surface area (Å²) < 4.78 is 0. The van der Waals surface area contributed by atoms with Gasteiger partial charge >= 0.3 is 0 Å². The van der Waals surface area contributed by atoms with E-state index < -0.39 is 58.0 Å². The van der Waals surface area contributed by atoms with Crippen molar-refractivity contribution in [1.82, 2.24) is 14.9 Å². The van der Waals surface area contributed by atoms with Gasteiger partial charge in [0, 0.05) is 29.4 Å². The number of amides is 1. The summed E-state index contributed by atoms with van der Waals surface area (Å²) in [5.74, 6) is -6.82. The number of Topliss-reactive ketones (excluding diaryl/α,β-unsaturated/α-hetero) is 2. The van der Waals surface area contributed by atoms with Crippen molar-refractivity contribution in [3.8, 4) is 16.9 Å². The minimum absolute atomic E-state index is 0.0200. The third-order valence-electron chi connectivity index (χ3n) is 7.48. The number of aliphatic hydroxyl groups is 3. The molecule has 36 heavy (non-hydrogen) atoms. The molecule has 186 valence electrons. The number of nitrogens with two attached hydrogens (primary N) is 1. The second kappa shape index (κ2) is 7.97. The molecule has 0 saturated heterocycles. The van der Waals surface area contributed by atoms with Gasteiger partial charge in [0.1, 0.15) is 29.2 Å². The number of hydrogen-bond donors (Lipinski definition) is 5. The maximum Gasteiger partial charge on any atom is 0.255 e. The Balaban J connectivity index is 1.73. The van der Waals surface area contributed by atoms with Gasteiger partial charge in [-0.1, -0.05) is 6.07 Å². The van der Waals surface area contributed by atoms with Gasteiger partial charge in [0.25, 0.3) is 5.91 Å². The van der Waals surface area contributed by atoms with Crippen LogP contribution in [0.25, 0.3) is 11.1 Å². The molecule has 3 aliphatic rings. The van der Waals surface area contributed by atoms with Crippen LogP contribution in [0.3, 0.4) is 0 Å². The molecule has 1 heterocycles. The monoisotopic (exact) mass is 492 g/mol. The number of carbonyl (C=O) groups excluding carboxylic acids is 3. The zero-order valence-corrected chi connectivity index (χ0v) is 19.5. The normalized spacial score (nSPS) is 27.6. The summed E-state index contributed by atoms with van der Waals surface area (Å²) in [6.45, 7) is 0. The number of hydrogen-bond acceptors (Lipinski definition) is 10. The van der Waals surface area contributed by atoms with E-state index in [1.165, 1.54) is 17.3 Å². The van der Waals surface area contributed by atoms with Gasteiger partial charge in [-0.25, -0.2) is 9.97 Å². The Labute approximate surface area is 205 Å². The number of ketones is 2. The molecule has 1 aromatic carbocycles. The fourth-order valence-corrected chi connectivity index (χ4v) is 5.96. The van der Waals surface area contributed by atoms with Crippen molar-refractivity contribution in [2.24, 2.45) is 17.6 Å². The molecule has 2 aromatic rings. The maximum absolute atomic E-state index is 13.7. The van der Waals surface area contributed by atoms with E-state index in [4.69, 9.17) is 5.73 Å². The highest BCUT2D eigenvalue weighted by Crippen LogP contribution is 2.53. The lowest BCUT2D eigenvalue weighted by Gasteiger charge is -2.50. The van der Waals surface area contributed by atoms with E-state index in [2.05, 4.69) is 9.97 Å². The number of phenols is 1. The summed E-state index contributed by atoms with van der Waals surface area (Å²) in [6.07, 6.45) is 4.72. The van der Waals surface area contributed by atoms with Gasteiger partial charge in [-0.15, -0.1) is 0 Å². The number of carbonyl (C=O) groups is 3. The molecule has 1 amide bonds. The minimum Gasteiger partial charge on any atom is -0.510 e. The maximum atomic E-state index is 13.7. The lowest BCUT2D eigenvalue weighted by Crippen LogP contribution is -2.63. The first-order chi connectivity index (χ1) is 17.0. The van der Waals surface area contributed by atoms with Crippen molar-refractivity contribution < 1.29 is 34.8 Å². The predicted molar refractivity (Wildman–Crippen MR) is 125 cm³/mol. The van der Waals surface area contributed by atoms with E-state index in [1.807, 2.05) is 0 Å². The molecule has 1 aromatic heterocycles. The summed E-state index contributed by atoms with van der Waals surface area (Å²) in [7, 11) is 3.16. The Kier molecular flexibility index (Phi) is 5.23. The highest BCUT2D eigenvalue weighted by Gasteiger charge is 2.63. The molecule has 6 N–H and O–H groups in total. The van der Waals surface area contributed by atoms with E-state index in [1.54, 1.807) is 32.6 Å². The number of allylic oxidation sites excluding steroid dienone is 1. The van der Waals surface area contributed by atoms with Crippen LogP contribution in [-0.4, -0.2) is 78.5 Å². The first kappa shape index (κ1) is 23.6. The fourth-order valence-electron chi connectivity index (χ4n) is 5.96. The Hall–Kier alpha value is -4.09. The van der Waals surface area contributed by atoms with Crippen LogP contribution in [0.4, 0.5) is 0 Å². The van der Waals surface area contributed by atoms with Gasteiger partial charge < -0.3 is 26.2 Å². The van der Waals surface area contributed by atoms with Gasteiger partial charge in [0.15, 0.2) is 11.4 Å². The zero-order valence-electron chi connectivity index (χ0n) is 19.5. The van der Waals surface area contributed by atoms with Crippen LogP contribution < -0.4 is 5.73 Å². The van der Waals surface area contributed by atoms with Gasteiger partial charge in [-0.3, -0.25) is 19.3 Å². The summed E-state index contributed by atoms with van der Waals surface area (Å²) in [6, 6.07) is 1.95. The Morgan fingerprint density at radius 3 is 2.42 bits per heavy atom. The topological polar surface area (TPSA) is 187 Å². The molecular weight excluding hydrogens is 468 g/mol. The van der Waals surface area contributed by atoms with Crippen LogP contribution in [0.15, 0.2) is 53.5 Å². The molecule has 0 bridgehead atoms. The standard InChI is InChI=1S/C25H24N4O7/c1-29(2)19-14-6-10-5-13-12(11-7-27-9-28-8-11)3-4-15(30)17(13)20(31)16(10)22(33)25(14,36)23(34)18(21(19)32)24(26)35/h3-4,7-10,14,19,30,32-33,36H,5-6H2,1-2H3,(H2,26,35). The molecule has 3 aliphatic carbocycles. The number of aromatic hydroxyl groups is 1. The number of fused-ring (bicyclic) bond motifs is 3. The smallest absolute Gasteiger partial charge is 0.255 e. The van der Waals surface area contributed by atoms with Crippen LogP contribution in [0.2, 0.25) is 0 Å². The van der Waals surface area contributed by atoms with Gasteiger partial charge in [-0.05, 0) is 50.0 Å². The summed E-state index contributed by atoms with van der Waals surface area (Å²) in [4.78, 5) is 48.6. The SMILES string of the molecule is CN(C)C1C(O)=C(C(N)=O)C(=O)C2(O)C(O)=C3C(=O)c4c(O)ccc(-c5cncnc5)c4CC3CC12. The lowest BCUT2D eigenvalue weighted by molar-refractivity contribution is -0.148. The Morgan fingerprint density at radius 2 is 1.81 bits per heavy atom. The van der Waals surface area contributed by atoms with Crippen LogP contribution in [-0.2, 0) is 16.0 Å². The van der Waals surface area contributed by atoms with Gasteiger partial charge in [-0.2, -0.15) is 0 Å². The number of rotatable bonds is 3. The van der Waals surface area contributed by atoms with Crippen molar-refractivity contribution in [2.75, 3.05) is 14.1 Å². The molecule has 0 aliphatic heterocycles. The third kappa shape index (κ3) is 3.02. The van der Waals surface area contributed by atoms with Crippen molar-refractivity contribution in [1.29, 1.82) is 0 Å². The second-order valence-electron chi connectivity index (χ2n) is 9.58. The van der Waals surface area contributed by atoms with E-state index in [-0.39, 0.29) is 29.7 Å². The van der Waals surface area contributed by atoms with E-state index in [0.717, 1.165) is 0 Å².